The summed E-state index contributed by atoms with van der Waals surface area (Å²) in [5.41, 5.74) is 1.84. The molecule has 0 bridgehead atoms. The Morgan fingerprint density at radius 3 is 2.62 bits per heavy atom. The highest BCUT2D eigenvalue weighted by atomic mass is 28.3. The van der Waals surface area contributed by atoms with Crippen molar-refractivity contribution in [2.45, 2.75) is 64.0 Å². The van der Waals surface area contributed by atoms with E-state index < -0.39 is 18.9 Å². The molecule has 0 unspecified atom stereocenters. The van der Waals surface area contributed by atoms with E-state index >= 15 is 0 Å². The zero-order chi connectivity index (χ0) is 21.4. The Bertz CT molecular complexity index is 901. The number of hydrogen-bond acceptors (Lipinski definition) is 4. The van der Waals surface area contributed by atoms with Gasteiger partial charge in [-0.1, -0.05) is 31.8 Å². The average molecular weight is 424 g/mol. The second-order valence-corrected chi connectivity index (χ2v) is 14.6. The lowest BCUT2D eigenvalue weighted by atomic mass is 9.79. The van der Waals surface area contributed by atoms with Crippen molar-refractivity contribution in [3.05, 3.63) is 45.8 Å². The number of hydrogen-bond donors (Lipinski definition) is 0. The van der Waals surface area contributed by atoms with Gasteiger partial charge in [0.05, 0.1) is 4.92 Å². The van der Waals surface area contributed by atoms with Crippen LogP contribution >= 0.6 is 0 Å². The minimum Gasteiger partial charge on any atom is -0.361 e. The Morgan fingerprint density at radius 1 is 1.34 bits per heavy atom. The number of alkyl halides is 2. The molecule has 0 N–H and O–H groups in total. The molecule has 0 atom stereocenters. The lowest BCUT2D eigenvalue weighted by Crippen LogP contribution is -2.35. The summed E-state index contributed by atoms with van der Waals surface area (Å²) >= 11 is 0. The van der Waals surface area contributed by atoms with Crippen molar-refractivity contribution in [1.82, 2.24) is 9.55 Å². The van der Waals surface area contributed by atoms with Crippen molar-refractivity contribution < 1.29 is 18.4 Å². The van der Waals surface area contributed by atoms with Crippen molar-refractivity contribution in [1.29, 1.82) is 0 Å². The van der Waals surface area contributed by atoms with Gasteiger partial charge in [0.2, 0.25) is 5.92 Å². The van der Waals surface area contributed by atoms with Gasteiger partial charge in [0.1, 0.15) is 12.6 Å². The largest absolute Gasteiger partial charge is 0.361 e. The first-order chi connectivity index (χ1) is 13.5. The smallest absolute Gasteiger partial charge is 0.273 e. The Balaban J connectivity index is 1.89. The maximum absolute atomic E-state index is 13.4. The molecule has 0 amide bonds. The summed E-state index contributed by atoms with van der Waals surface area (Å²) in [6.45, 7) is 9.22. The number of ether oxygens (including phenoxy) is 1. The van der Waals surface area contributed by atoms with Crippen LogP contribution in [0.25, 0.3) is 11.4 Å². The number of halogens is 2. The van der Waals surface area contributed by atoms with Gasteiger partial charge in [-0.2, -0.15) is 0 Å². The van der Waals surface area contributed by atoms with Crippen molar-refractivity contribution in [3.8, 4) is 11.4 Å². The molecule has 9 heteroatoms. The standard InChI is InChI=1S/C20H27F2N3O3Si/c1-14-5-6-15(9-17(14)25(26)27)19-23-12-18(16-10-20(21,22)11-16)24(19)13-28-7-8-29(2,3)4/h5-6,9,12,16H,7-8,10-11,13H2,1-4H3. The van der Waals surface area contributed by atoms with E-state index in [0.29, 0.717) is 29.3 Å². The topological polar surface area (TPSA) is 70.2 Å². The molecule has 0 spiro atoms. The molecule has 158 valence electrons. The summed E-state index contributed by atoms with van der Waals surface area (Å²) in [6, 6.07) is 5.91. The van der Waals surface area contributed by atoms with Crippen LogP contribution in [0.1, 0.15) is 30.0 Å². The second kappa shape index (κ2) is 7.95. The Hall–Kier alpha value is -2.13. The number of aromatic nitrogens is 2. The SMILES string of the molecule is Cc1ccc(-c2ncc(C3CC(F)(F)C3)n2COCC[Si](C)(C)C)cc1[N+](=O)[O-]. The lowest BCUT2D eigenvalue weighted by Gasteiger charge is -2.35. The minimum absolute atomic E-state index is 0.00780. The minimum atomic E-state index is -2.64. The summed E-state index contributed by atoms with van der Waals surface area (Å²) in [4.78, 5) is 15.3. The third kappa shape index (κ3) is 5.08. The van der Waals surface area contributed by atoms with E-state index in [-0.39, 0.29) is 31.2 Å². The Labute approximate surface area is 170 Å². The number of nitrogens with zero attached hydrogens (tertiary/aromatic N) is 3. The molecule has 1 aromatic heterocycles. The van der Waals surface area contributed by atoms with E-state index in [1.807, 2.05) is 0 Å². The second-order valence-electron chi connectivity index (χ2n) is 9.00. The van der Waals surface area contributed by atoms with E-state index in [4.69, 9.17) is 4.74 Å². The predicted octanol–water partition coefficient (Wildman–Crippen LogP) is 5.59. The van der Waals surface area contributed by atoms with E-state index in [1.165, 1.54) is 6.07 Å². The van der Waals surface area contributed by atoms with Crippen LogP contribution in [0.5, 0.6) is 0 Å². The average Bonchev–Trinajstić information content (AvgIpc) is 2.99. The van der Waals surface area contributed by atoms with Gasteiger partial charge in [-0.05, 0) is 13.0 Å². The van der Waals surface area contributed by atoms with Gasteiger partial charge < -0.3 is 9.30 Å². The molecule has 1 aliphatic carbocycles. The third-order valence-electron chi connectivity index (χ3n) is 5.28. The quantitative estimate of drug-likeness (QED) is 0.240. The molecule has 1 saturated carbocycles. The predicted molar refractivity (Wildman–Crippen MR) is 110 cm³/mol. The molecule has 3 rings (SSSR count). The van der Waals surface area contributed by atoms with Gasteiger partial charge in [-0.25, -0.2) is 13.8 Å². The molecule has 2 aromatic rings. The first-order valence-corrected chi connectivity index (χ1v) is 13.4. The van der Waals surface area contributed by atoms with E-state index in [1.54, 1.807) is 29.8 Å². The molecule has 1 heterocycles. The first kappa shape index (κ1) is 21.6. The fraction of sp³-hybridized carbons (Fsp3) is 0.550. The van der Waals surface area contributed by atoms with Crippen LogP contribution in [0, 0.1) is 17.0 Å². The van der Waals surface area contributed by atoms with E-state index in [0.717, 1.165) is 6.04 Å². The van der Waals surface area contributed by atoms with Crippen molar-refractivity contribution >= 4 is 13.8 Å². The van der Waals surface area contributed by atoms with Gasteiger partial charge in [-0.15, -0.1) is 0 Å². The normalized spacial score (nSPS) is 16.6. The van der Waals surface area contributed by atoms with Crippen LogP contribution in [0.15, 0.2) is 24.4 Å². The number of rotatable bonds is 8. The lowest BCUT2D eigenvalue weighted by molar-refractivity contribution is -0.385. The molecule has 1 fully saturated rings. The van der Waals surface area contributed by atoms with Crippen LogP contribution in [0.2, 0.25) is 25.7 Å². The zero-order valence-electron chi connectivity index (χ0n) is 17.2. The summed E-state index contributed by atoms with van der Waals surface area (Å²) in [6.07, 6.45) is 1.19. The maximum atomic E-state index is 13.4. The number of benzene rings is 1. The van der Waals surface area contributed by atoms with Gasteiger partial charge in [0.15, 0.2) is 0 Å². The monoisotopic (exact) mass is 423 g/mol. The highest BCUT2D eigenvalue weighted by Gasteiger charge is 2.47. The summed E-state index contributed by atoms with van der Waals surface area (Å²) in [7, 11) is -1.26. The van der Waals surface area contributed by atoms with Crippen LogP contribution in [-0.2, 0) is 11.5 Å². The van der Waals surface area contributed by atoms with Crippen LogP contribution in [0.4, 0.5) is 14.5 Å². The number of imidazole rings is 1. The van der Waals surface area contributed by atoms with Gasteiger partial charge >= 0.3 is 0 Å². The summed E-state index contributed by atoms with van der Waals surface area (Å²) < 4.78 is 34.5. The van der Waals surface area contributed by atoms with Crippen LogP contribution < -0.4 is 0 Å². The highest BCUT2D eigenvalue weighted by Crippen LogP contribution is 2.48. The molecule has 0 saturated heterocycles. The number of nitro groups is 1. The van der Waals surface area contributed by atoms with Crippen molar-refractivity contribution in [3.63, 3.8) is 0 Å². The molecule has 29 heavy (non-hydrogen) atoms. The van der Waals surface area contributed by atoms with Gasteiger partial charge in [-0.3, -0.25) is 10.1 Å². The third-order valence-corrected chi connectivity index (χ3v) is 6.98. The summed E-state index contributed by atoms with van der Waals surface area (Å²) in [5, 5.41) is 11.3. The number of nitro benzene ring substituents is 1. The van der Waals surface area contributed by atoms with Gasteiger partial charge in [0.25, 0.3) is 5.69 Å². The number of aryl methyl sites for hydroxylation is 1. The Morgan fingerprint density at radius 2 is 2.03 bits per heavy atom. The van der Waals surface area contributed by atoms with Crippen molar-refractivity contribution in [2.24, 2.45) is 0 Å². The molecular weight excluding hydrogens is 396 g/mol. The maximum Gasteiger partial charge on any atom is 0.273 e. The molecule has 1 aliphatic rings. The fourth-order valence-electron chi connectivity index (χ4n) is 3.43. The Kier molecular flexibility index (Phi) is 5.91. The molecule has 6 nitrogen and oxygen atoms in total. The van der Waals surface area contributed by atoms with E-state index in [9.17, 15) is 18.9 Å². The molecule has 1 aromatic carbocycles. The van der Waals surface area contributed by atoms with E-state index in [2.05, 4.69) is 24.6 Å². The fourth-order valence-corrected chi connectivity index (χ4v) is 4.19. The van der Waals surface area contributed by atoms with Gasteiger partial charge in [0, 0.05) is 62.5 Å². The highest BCUT2D eigenvalue weighted by molar-refractivity contribution is 6.76. The van der Waals surface area contributed by atoms with Crippen LogP contribution in [0.3, 0.4) is 0 Å². The molecule has 0 aliphatic heterocycles. The summed E-state index contributed by atoms with van der Waals surface area (Å²) in [5.74, 6) is -2.42. The zero-order valence-corrected chi connectivity index (χ0v) is 18.2. The molecule has 0 radical (unpaired) electrons. The van der Waals surface area contributed by atoms with Crippen molar-refractivity contribution in [2.75, 3.05) is 6.61 Å². The van der Waals surface area contributed by atoms with Crippen LogP contribution in [-0.4, -0.2) is 35.1 Å². The molecular formula is C20H27F2N3O3Si. The first-order valence-electron chi connectivity index (χ1n) is 9.73.